The van der Waals surface area contributed by atoms with Crippen molar-refractivity contribution < 1.29 is 13.3 Å². The van der Waals surface area contributed by atoms with Gasteiger partial charge in [0.05, 0.1) is 26.5 Å². The van der Waals surface area contributed by atoms with Crippen LogP contribution in [0.4, 0.5) is 11.4 Å². The van der Waals surface area contributed by atoms with E-state index in [0.717, 1.165) is 4.90 Å². The number of nitro groups is 1. The van der Waals surface area contributed by atoms with Crippen LogP contribution in [0.3, 0.4) is 0 Å². The molecule has 2 unspecified atom stereocenters. The molecule has 0 amide bonds. The second-order valence-corrected chi connectivity index (χ2v) is 12.3. The summed E-state index contributed by atoms with van der Waals surface area (Å²) in [7, 11) is -2.01. The number of nitro benzene ring substituents is 1. The molecule has 0 fully saturated rings. The van der Waals surface area contributed by atoms with Crippen LogP contribution in [-0.2, 0) is 21.6 Å². The molecule has 2 rings (SSSR count). The quantitative estimate of drug-likeness (QED) is 0.339. The Morgan fingerprint density at radius 2 is 1.10 bits per heavy atom. The molecule has 2 N–H and O–H groups in total. The minimum absolute atomic E-state index is 0. The summed E-state index contributed by atoms with van der Waals surface area (Å²) in [5.74, 6) is 1.22. The fourth-order valence-electron chi connectivity index (χ4n) is 2.29. The SMILES string of the molecule is C.CC(C)(C)CS(=O)c1ccc(N)cc1.CC(C)(C)CS(=O)c1ccc([N+](=O)[O-])cc1. The van der Waals surface area contributed by atoms with E-state index in [2.05, 4.69) is 20.8 Å². The Morgan fingerprint density at radius 1 is 0.774 bits per heavy atom. The van der Waals surface area contributed by atoms with Gasteiger partial charge < -0.3 is 5.73 Å². The molecule has 0 saturated carbocycles. The van der Waals surface area contributed by atoms with Crippen LogP contribution < -0.4 is 5.73 Å². The second kappa shape index (κ2) is 12.1. The monoisotopic (exact) mass is 468 g/mol. The zero-order valence-electron chi connectivity index (χ0n) is 18.5. The minimum Gasteiger partial charge on any atom is -0.399 e. The van der Waals surface area contributed by atoms with Crippen molar-refractivity contribution in [3.8, 4) is 0 Å². The van der Waals surface area contributed by atoms with Crippen LogP contribution in [0.2, 0.25) is 0 Å². The first-order valence-corrected chi connectivity index (χ1v) is 12.2. The van der Waals surface area contributed by atoms with E-state index in [9.17, 15) is 18.5 Å². The summed E-state index contributed by atoms with van der Waals surface area (Å²) < 4.78 is 23.7. The largest absolute Gasteiger partial charge is 0.399 e. The molecule has 0 heterocycles. The predicted octanol–water partition coefficient (Wildman–Crippen LogP) is 5.81. The summed E-state index contributed by atoms with van der Waals surface area (Å²) in [5, 5.41) is 10.4. The average molecular weight is 469 g/mol. The molecular formula is C23H36N2O4S2. The molecule has 6 nitrogen and oxygen atoms in total. The molecule has 0 aromatic heterocycles. The van der Waals surface area contributed by atoms with Crippen LogP contribution in [0.15, 0.2) is 58.3 Å². The van der Waals surface area contributed by atoms with Crippen LogP contribution in [0, 0.1) is 20.9 Å². The standard InChI is InChI=1S/C11H15NO3S.C11H17NOS.CH4/c1-11(2,3)8-16(15)10-6-4-9(5-7-10)12(13)14;1-11(2,3)8-14(13)10-6-4-9(12)5-7-10;/h4-7H,8H2,1-3H3;4-7H,8,12H2,1-3H3;1H4. The van der Waals surface area contributed by atoms with Crippen molar-refractivity contribution in [3.05, 3.63) is 58.6 Å². The van der Waals surface area contributed by atoms with E-state index in [-0.39, 0.29) is 23.9 Å². The Hall–Kier alpha value is -2.06. The van der Waals surface area contributed by atoms with Gasteiger partial charge in [0.15, 0.2) is 0 Å². The highest BCUT2D eigenvalue weighted by atomic mass is 32.2. The molecule has 0 aliphatic rings. The lowest BCUT2D eigenvalue weighted by atomic mass is 10.0. The number of hydrogen-bond donors (Lipinski definition) is 1. The molecule has 0 aliphatic heterocycles. The Balaban J connectivity index is 0.000000567. The number of nitrogens with zero attached hydrogens (tertiary/aromatic N) is 1. The third-order valence-electron chi connectivity index (χ3n) is 3.58. The predicted molar refractivity (Wildman–Crippen MR) is 132 cm³/mol. The van der Waals surface area contributed by atoms with Gasteiger partial charge in [0, 0.05) is 39.1 Å². The number of rotatable bonds is 5. The van der Waals surface area contributed by atoms with Crippen molar-refractivity contribution in [1.29, 1.82) is 0 Å². The lowest BCUT2D eigenvalue weighted by molar-refractivity contribution is -0.384. The van der Waals surface area contributed by atoms with Crippen molar-refractivity contribution in [3.63, 3.8) is 0 Å². The highest BCUT2D eigenvalue weighted by Gasteiger charge is 2.17. The van der Waals surface area contributed by atoms with E-state index in [1.54, 1.807) is 24.3 Å². The molecule has 8 heteroatoms. The molecule has 0 radical (unpaired) electrons. The normalized spacial score (nSPS) is 13.2. The van der Waals surface area contributed by atoms with Gasteiger partial charge in [-0.2, -0.15) is 0 Å². The smallest absolute Gasteiger partial charge is 0.269 e. The summed E-state index contributed by atoms with van der Waals surface area (Å²) in [6, 6.07) is 13.1. The Labute approximate surface area is 191 Å². The van der Waals surface area contributed by atoms with E-state index < -0.39 is 26.5 Å². The molecule has 0 aliphatic carbocycles. The molecule has 2 aromatic carbocycles. The maximum atomic E-state index is 11.9. The highest BCUT2D eigenvalue weighted by Crippen LogP contribution is 2.21. The number of nitrogens with two attached hydrogens (primary N) is 1. The van der Waals surface area contributed by atoms with Gasteiger partial charge >= 0.3 is 0 Å². The number of hydrogen-bond acceptors (Lipinski definition) is 5. The number of nitrogen functional groups attached to an aromatic ring is 1. The zero-order valence-corrected chi connectivity index (χ0v) is 20.1. The van der Waals surface area contributed by atoms with Crippen molar-refractivity contribution in [2.24, 2.45) is 10.8 Å². The molecule has 2 atom stereocenters. The molecule has 0 spiro atoms. The Morgan fingerprint density at radius 3 is 1.39 bits per heavy atom. The summed E-state index contributed by atoms with van der Waals surface area (Å²) in [4.78, 5) is 11.5. The van der Waals surface area contributed by atoms with E-state index in [1.165, 1.54) is 12.1 Å². The van der Waals surface area contributed by atoms with Crippen LogP contribution >= 0.6 is 0 Å². The molecular weight excluding hydrogens is 432 g/mol. The van der Waals surface area contributed by atoms with Crippen LogP contribution in [0.25, 0.3) is 0 Å². The van der Waals surface area contributed by atoms with Crippen molar-refractivity contribution >= 4 is 33.0 Å². The summed E-state index contributed by atoms with van der Waals surface area (Å²) >= 11 is 0. The van der Waals surface area contributed by atoms with Gasteiger partial charge in [-0.3, -0.25) is 18.5 Å². The van der Waals surface area contributed by atoms with Gasteiger partial charge in [-0.05, 0) is 47.2 Å². The lowest BCUT2D eigenvalue weighted by Crippen LogP contribution is -2.16. The van der Waals surface area contributed by atoms with Crippen molar-refractivity contribution in [2.45, 2.75) is 58.8 Å². The first-order chi connectivity index (χ1) is 13.7. The van der Waals surface area contributed by atoms with Crippen LogP contribution in [0.1, 0.15) is 49.0 Å². The van der Waals surface area contributed by atoms with Gasteiger partial charge in [0.2, 0.25) is 0 Å². The fourth-order valence-corrected chi connectivity index (χ4v) is 5.08. The first-order valence-electron chi connectivity index (χ1n) is 9.55. The second-order valence-electron chi connectivity index (χ2n) is 9.42. The van der Waals surface area contributed by atoms with Gasteiger partial charge in [0.1, 0.15) is 0 Å². The van der Waals surface area contributed by atoms with Gasteiger partial charge in [-0.1, -0.05) is 49.0 Å². The molecule has 0 bridgehead atoms. The van der Waals surface area contributed by atoms with E-state index in [1.807, 2.05) is 32.9 Å². The molecule has 31 heavy (non-hydrogen) atoms. The number of benzene rings is 2. The first kappa shape index (κ1) is 28.9. The Bertz CT molecular complexity index is 882. The van der Waals surface area contributed by atoms with Gasteiger partial charge in [0.25, 0.3) is 5.69 Å². The topological polar surface area (TPSA) is 103 Å². The molecule has 0 saturated heterocycles. The van der Waals surface area contributed by atoms with Gasteiger partial charge in [-0.25, -0.2) is 0 Å². The molecule has 2 aromatic rings. The summed E-state index contributed by atoms with van der Waals surface area (Å²) in [5.41, 5.74) is 6.36. The van der Waals surface area contributed by atoms with Gasteiger partial charge in [-0.15, -0.1) is 0 Å². The number of anilines is 1. The lowest BCUT2D eigenvalue weighted by Gasteiger charge is -2.17. The van der Waals surface area contributed by atoms with Crippen LogP contribution in [0.5, 0.6) is 0 Å². The zero-order chi connectivity index (χ0) is 23.1. The van der Waals surface area contributed by atoms with E-state index >= 15 is 0 Å². The molecule has 174 valence electrons. The minimum atomic E-state index is -1.10. The number of non-ortho nitro benzene ring substituents is 1. The van der Waals surface area contributed by atoms with E-state index in [4.69, 9.17) is 5.73 Å². The average Bonchev–Trinajstić information content (AvgIpc) is 2.60. The van der Waals surface area contributed by atoms with Crippen molar-refractivity contribution in [2.75, 3.05) is 17.2 Å². The maximum Gasteiger partial charge on any atom is 0.269 e. The fraction of sp³-hybridized carbons (Fsp3) is 0.478. The van der Waals surface area contributed by atoms with Crippen molar-refractivity contribution in [1.82, 2.24) is 0 Å². The van der Waals surface area contributed by atoms with Crippen LogP contribution in [-0.4, -0.2) is 24.8 Å². The Kier molecular flexibility index (Phi) is 11.3. The summed E-state index contributed by atoms with van der Waals surface area (Å²) in [6.07, 6.45) is 0. The highest BCUT2D eigenvalue weighted by molar-refractivity contribution is 7.85. The van der Waals surface area contributed by atoms with E-state index in [0.29, 0.717) is 22.1 Å². The summed E-state index contributed by atoms with van der Waals surface area (Å²) in [6.45, 7) is 12.3. The third kappa shape index (κ3) is 11.8. The maximum absolute atomic E-state index is 11.9. The third-order valence-corrected chi connectivity index (χ3v) is 7.43.